The minimum atomic E-state index is -1.29. The summed E-state index contributed by atoms with van der Waals surface area (Å²) in [4.78, 5) is 0. The standard InChI is InChI=1S/C7H19ClSi2/c1-6-10(8,7-2)9(3,4)5/h6-7H2,1-5H3. The highest BCUT2D eigenvalue weighted by Crippen LogP contribution is 2.30. The van der Waals surface area contributed by atoms with Crippen LogP contribution in [0, 0.1) is 0 Å². The molecule has 0 spiro atoms. The van der Waals surface area contributed by atoms with E-state index >= 15 is 0 Å². The third kappa shape index (κ3) is 2.10. The summed E-state index contributed by atoms with van der Waals surface area (Å²) < 4.78 is 0. The van der Waals surface area contributed by atoms with Crippen LogP contribution in [-0.4, -0.2) is 14.5 Å². The first-order chi connectivity index (χ1) is 4.37. The first-order valence-electron chi connectivity index (χ1n) is 4.06. The summed E-state index contributed by atoms with van der Waals surface area (Å²) in [6.07, 6.45) is 0. The Hall–Kier alpha value is 0.724. The van der Waals surface area contributed by atoms with Crippen molar-refractivity contribution < 1.29 is 0 Å². The van der Waals surface area contributed by atoms with E-state index in [9.17, 15) is 0 Å². The smallest absolute Gasteiger partial charge is 0.146 e. The van der Waals surface area contributed by atoms with Crippen molar-refractivity contribution >= 4 is 25.6 Å². The van der Waals surface area contributed by atoms with Crippen molar-refractivity contribution in [2.24, 2.45) is 0 Å². The Kier molecular flexibility index (Phi) is 3.66. The predicted octanol–water partition coefficient (Wildman–Crippen LogP) is 3.63. The number of halogens is 1. The lowest BCUT2D eigenvalue weighted by Crippen LogP contribution is -2.51. The Bertz CT molecular complexity index is 103. The van der Waals surface area contributed by atoms with Crippen molar-refractivity contribution in [1.29, 1.82) is 0 Å². The molecule has 10 heavy (non-hydrogen) atoms. The predicted molar refractivity (Wildman–Crippen MR) is 55.9 cm³/mol. The zero-order chi connectivity index (χ0) is 8.41. The maximum absolute atomic E-state index is 6.58. The largest absolute Gasteiger partial charge is 0.171 e. The Morgan fingerprint density at radius 2 is 1.30 bits per heavy atom. The quantitative estimate of drug-likeness (QED) is 0.476. The molecule has 0 nitrogen and oxygen atoms in total. The normalized spacial score (nSPS) is 13.8. The van der Waals surface area contributed by atoms with Crippen LogP contribution >= 0.6 is 11.1 Å². The highest BCUT2D eigenvalue weighted by atomic mass is 35.6. The fourth-order valence-corrected chi connectivity index (χ4v) is 10.3. The summed E-state index contributed by atoms with van der Waals surface area (Å²) in [5.41, 5.74) is 0. The minimum absolute atomic E-state index is 1.01. The van der Waals surface area contributed by atoms with E-state index in [1.165, 1.54) is 12.1 Å². The van der Waals surface area contributed by atoms with E-state index in [0.717, 1.165) is 0 Å². The van der Waals surface area contributed by atoms with Crippen LogP contribution in [0.1, 0.15) is 13.8 Å². The second-order valence-corrected chi connectivity index (χ2v) is 22.3. The van der Waals surface area contributed by atoms with Gasteiger partial charge in [0.05, 0.1) is 7.59 Å². The van der Waals surface area contributed by atoms with Gasteiger partial charge in [-0.2, -0.15) is 11.1 Å². The fraction of sp³-hybridized carbons (Fsp3) is 1.00. The Morgan fingerprint density at radius 3 is 1.30 bits per heavy atom. The molecule has 0 N–H and O–H groups in total. The molecule has 0 radical (unpaired) electrons. The van der Waals surface area contributed by atoms with Gasteiger partial charge in [0.1, 0.15) is 6.90 Å². The van der Waals surface area contributed by atoms with Gasteiger partial charge in [0.25, 0.3) is 0 Å². The van der Waals surface area contributed by atoms with Gasteiger partial charge < -0.3 is 0 Å². The van der Waals surface area contributed by atoms with E-state index < -0.39 is 14.5 Å². The average molecular weight is 195 g/mol. The fourth-order valence-electron chi connectivity index (χ4n) is 1.31. The Labute approximate surface area is 71.5 Å². The van der Waals surface area contributed by atoms with Crippen LogP contribution in [0.2, 0.25) is 31.7 Å². The lowest BCUT2D eigenvalue weighted by Gasteiger charge is -2.33. The maximum Gasteiger partial charge on any atom is 0.146 e. The van der Waals surface area contributed by atoms with Crippen LogP contribution in [0.5, 0.6) is 0 Å². The van der Waals surface area contributed by atoms with Gasteiger partial charge in [-0.3, -0.25) is 0 Å². The van der Waals surface area contributed by atoms with Gasteiger partial charge in [-0.15, -0.1) is 0 Å². The second-order valence-electron chi connectivity index (χ2n) is 3.92. The van der Waals surface area contributed by atoms with Gasteiger partial charge in [-0.05, 0) is 12.1 Å². The second kappa shape index (κ2) is 3.41. The monoisotopic (exact) mass is 194 g/mol. The summed E-state index contributed by atoms with van der Waals surface area (Å²) in [6, 6.07) is 2.50. The van der Waals surface area contributed by atoms with E-state index in [4.69, 9.17) is 11.1 Å². The molecule has 0 rings (SSSR count). The summed E-state index contributed by atoms with van der Waals surface area (Å²) in [6.45, 7) is 10.4. The topological polar surface area (TPSA) is 0 Å². The molecule has 0 fully saturated rings. The SMILES string of the molecule is CC[Si](Cl)(CC)[Si](C)(C)C. The molecule has 0 aromatic carbocycles. The van der Waals surface area contributed by atoms with Gasteiger partial charge in [0.15, 0.2) is 0 Å². The van der Waals surface area contributed by atoms with Crippen molar-refractivity contribution in [3.63, 3.8) is 0 Å². The summed E-state index contributed by atoms with van der Waals surface area (Å²) in [5.74, 6) is 0. The molecule has 0 amide bonds. The summed E-state index contributed by atoms with van der Waals surface area (Å²) in [7, 11) is -1.01. The van der Waals surface area contributed by atoms with Crippen LogP contribution < -0.4 is 0 Å². The molecule has 0 unspecified atom stereocenters. The number of hydrogen-bond acceptors (Lipinski definition) is 0. The van der Waals surface area contributed by atoms with E-state index in [-0.39, 0.29) is 0 Å². The Balaban J connectivity index is 4.33. The maximum atomic E-state index is 6.58. The highest BCUT2D eigenvalue weighted by Gasteiger charge is 2.40. The van der Waals surface area contributed by atoms with Crippen molar-refractivity contribution in [3.8, 4) is 0 Å². The molecule has 0 heterocycles. The van der Waals surface area contributed by atoms with E-state index in [0.29, 0.717) is 0 Å². The summed E-state index contributed by atoms with van der Waals surface area (Å²) in [5, 5.41) is 0. The van der Waals surface area contributed by atoms with Crippen molar-refractivity contribution in [2.45, 2.75) is 45.6 Å². The molecule has 0 aliphatic heterocycles. The van der Waals surface area contributed by atoms with E-state index in [2.05, 4.69) is 33.5 Å². The number of hydrogen-bond donors (Lipinski definition) is 0. The molecule has 0 saturated heterocycles. The molecule has 0 aromatic heterocycles. The molecule has 0 saturated carbocycles. The van der Waals surface area contributed by atoms with Crippen LogP contribution in [0.25, 0.3) is 0 Å². The molecular formula is C7H19ClSi2. The molecular weight excluding hydrogens is 176 g/mol. The van der Waals surface area contributed by atoms with Gasteiger partial charge in [0.2, 0.25) is 0 Å². The van der Waals surface area contributed by atoms with Crippen molar-refractivity contribution in [3.05, 3.63) is 0 Å². The van der Waals surface area contributed by atoms with Gasteiger partial charge in [-0.1, -0.05) is 33.5 Å². The molecule has 0 bridgehead atoms. The first kappa shape index (κ1) is 10.7. The lowest BCUT2D eigenvalue weighted by molar-refractivity contribution is 1.32. The first-order valence-corrected chi connectivity index (χ1v) is 12.0. The zero-order valence-electron chi connectivity index (χ0n) is 7.79. The van der Waals surface area contributed by atoms with Crippen LogP contribution in [0.4, 0.5) is 0 Å². The molecule has 0 aliphatic rings. The lowest BCUT2D eigenvalue weighted by atomic mass is 11.0. The molecule has 0 aliphatic carbocycles. The molecule has 0 aromatic rings. The highest BCUT2D eigenvalue weighted by molar-refractivity contribution is 7.58. The third-order valence-electron chi connectivity index (χ3n) is 2.46. The van der Waals surface area contributed by atoms with Gasteiger partial charge >= 0.3 is 0 Å². The van der Waals surface area contributed by atoms with Gasteiger partial charge in [0, 0.05) is 0 Å². The van der Waals surface area contributed by atoms with Crippen molar-refractivity contribution in [2.75, 3.05) is 0 Å². The molecule has 62 valence electrons. The van der Waals surface area contributed by atoms with E-state index in [1.54, 1.807) is 0 Å². The van der Waals surface area contributed by atoms with E-state index in [1.807, 2.05) is 0 Å². The zero-order valence-corrected chi connectivity index (χ0v) is 10.5. The molecule has 3 heteroatoms. The van der Waals surface area contributed by atoms with Crippen molar-refractivity contribution in [1.82, 2.24) is 0 Å². The Morgan fingerprint density at radius 1 is 1.00 bits per heavy atom. The van der Waals surface area contributed by atoms with Crippen LogP contribution in [0.3, 0.4) is 0 Å². The average Bonchev–Trinajstić information content (AvgIpc) is 1.84. The van der Waals surface area contributed by atoms with Crippen LogP contribution in [-0.2, 0) is 0 Å². The molecule has 0 atom stereocenters. The van der Waals surface area contributed by atoms with Gasteiger partial charge in [-0.25, -0.2) is 0 Å². The summed E-state index contributed by atoms with van der Waals surface area (Å²) >= 11 is 6.58. The van der Waals surface area contributed by atoms with Crippen LogP contribution in [0.15, 0.2) is 0 Å². The third-order valence-corrected chi connectivity index (χ3v) is 24.3. The minimum Gasteiger partial charge on any atom is -0.171 e. The number of rotatable bonds is 3.